The van der Waals surface area contributed by atoms with Gasteiger partial charge in [0.1, 0.15) is 17.6 Å². The summed E-state index contributed by atoms with van der Waals surface area (Å²) in [6.45, 7) is 2.14. The van der Waals surface area contributed by atoms with Crippen LogP contribution in [0.15, 0.2) is 61.2 Å². The predicted octanol–water partition coefficient (Wildman–Crippen LogP) is 3.80. The second kappa shape index (κ2) is 6.80. The van der Waals surface area contributed by atoms with E-state index in [4.69, 9.17) is 4.74 Å². The van der Waals surface area contributed by atoms with E-state index >= 15 is 0 Å². The normalized spacial score (nSPS) is 10.2. The second-order valence-electron chi connectivity index (χ2n) is 5.36. The first-order valence-electron chi connectivity index (χ1n) is 7.43. The zero-order valence-electron chi connectivity index (χ0n) is 13.1. The Balaban J connectivity index is 1.90. The predicted molar refractivity (Wildman–Crippen MR) is 89.0 cm³/mol. The van der Waals surface area contributed by atoms with Crippen LogP contribution in [0.1, 0.15) is 28.4 Å². The van der Waals surface area contributed by atoms with Gasteiger partial charge >= 0.3 is 0 Å². The first kappa shape index (κ1) is 15.5. The highest BCUT2D eigenvalue weighted by molar-refractivity contribution is 5.94. The van der Waals surface area contributed by atoms with Crippen molar-refractivity contribution in [2.45, 2.75) is 13.5 Å². The number of hydrogen-bond acceptors (Lipinski definition) is 4. The number of rotatable bonds is 5. The molecule has 0 amide bonds. The first-order chi connectivity index (χ1) is 11.7. The molecule has 0 N–H and O–H groups in total. The molecule has 1 heterocycles. The van der Waals surface area contributed by atoms with Gasteiger partial charge in [-0.1, -0.05) is 18.2 Å². The monoisotopic (exact) mass is 317 g/mol. The number of ether oxygens (including phenoxy) is 1. The molecule has 0 spiro atoms. The van der Waals surface area contributed by atoms with Crippen LogP contribution in [0.25, 0.3) is 0 Å². The van der Waals surface area contributed by atoms with Crippen molar-refractivity contribution in [2.75, 3.05) is 0 Å². The average Bonchev–Trinajstić information content (AvgIpc) is 3.08. The lowest BCUT2D eigenvalue weighted by Gasteiger charge is -2.11. The molecule has 5 heteroatoms. The Labute approximate surface area is 139 Å². The molecule has 3 aromatic rings. The van der Waals surface area contributed by atoms with Crippen LogP contribution in [0.2, 0.25) is 0 Å². The van der Waals surface area contributed by atoms with Crippen LogP contribution in [0.5, 0.6) is 11.5 Å². The van der Waals surface area contributed by atoms with E-state index < -0.39 is 0 Å². The van der Waals surface area contributed by atoms with Gasteiger partial charge in [0, 0.05) is 24.5 Å². The molecule has 0 fully saturated rings. The Morgan fingerprint density at radius 3 is 2.88 bits per heavy atom. The summed E-state index contributed by atoms with van der Waals surface area (Å²) >= 11 is 0. The maximum Gasteiger partial charge on any atom is 0.159 e. The van der Waals surface area contributed by atoms with Crippen LogP contribution in [-0.4, -0.2) is 15.3 Å². The van der Waals surface area contributed by atoms with Crippen LogP contribution in [0.4, 0.5) is 0 Å². The van der Waals surface area contributed by atoms with Gasteiger partial charge in [-0.15, -0.1) is 0 Å². The van der Waals surface area contributed by atoms with E-state index in [1.807, 2.05) is 22.9 Å². The van der Waals surface area contributed by atoms with Crippen molar-refractivity contribution < 1.29 is 9.53 Å². The zero-order valence-corrected chi connectivity index (χ0v) is 13.1. The molecule has 5 nitrogen and oxygen atoms in total. The number of nitriles is 1. The van der Waals surface area contributed by atoms with Crippen molar-refractivity contribution in [3.05, 3.63) is 77.9 Å². The molecule has 0 atom stereocenters. The van der Waals surface area contributed by atoms with E-state index in [2.05, 4.69) is 11.1 Å². The molecular formula is C19H15N3O2. The molecule has 118 valence electrons. The molecule has 0 aliphatic heterocycles. The molecule has 0 bridgehead atoms. The smallest absolute Gasteiger partial charge is 0.159 e. The van der Waals surface area contributed by atoms with Gasteiger partial charge in [0.25, 0.3) is 0 Å². The number of carbonyl (C=O) groups is 1. The third-order valence-corrected chi connectivity index (χ3v) is 3.56. The highest BCUT2D eigenvalue weighted by Gasteiger charge is 2.08. The highest BCUT2D eigenvalue weighted by Crippen LogP contribution is 2.27. The fraction of sp³-hybridized carbons (Fsp3) is 0.105. The minimum absolute atomic E-state index is 0.0326. The minimum Gasteiger partial charge on any atom is -0.456 e. The number of hydrogen-bond donors (Lipinski definition) is 0. The van der Waals surface area contributed by atoms with E-state index in [9.17, 15) is 10.1 Å². The molecule has 0 aliphatic carbocycles. The topological polar surface area (TPSA) is 67.9 Å². The molecular weight excluding hydrogens is 302 g/mol. The first-order valence-corrected chi connectivity index (χ1v) is 7.43. The van der Waals surface area contributed by atoms with Crippen molar-refractivity contribution in [2.24, 2.45) is 0 Å². The fourth-order valence-electron chi connectivity index (χ4n) is 2.34. The molecule has 0 saturated carbocycles. The summed E-state index contributed by atoms with van der Waals surface area (Å²) < 4.78 is 7.78. The molecule has 3 rings (SSSR count). The SMILES string of the molecule is CC(=O)c1cccc(Oc2cc(Cn3ccnc3)ccc2C#N)c1. The third-order valence-electron chi connectivity index (χ3n) is 3.56. The van der Waals surface area contributed by atoms with Crippen LogP contribution >= 0.6 is 0 Å². The van der Waals surface area contributed by atoms with Gasteiger partial charge in [0.2, 0.25) is 0 Å². The Kier molecular flexibility index (Phi) is 4.39. The standard InChI is InChI=1S/C19H15N3O2/c1-14(23)16-3-2-4-18(10-16)24-19-9-15(5-6-17(19)11-20)12-22-8-7-21-13-22/h2-10,13H,12H2,1H3. The molecule has 0 unspecified atom stereocenters. The summed E-state index contributed by atoms with van der Waals surface area (Å²) in [5.41, 5.74) is 2.00. The summed E-state index contributed by atoms with van der Waals surface area (Å²) in [7, 11) is 0. The number of ketones is 1. The lowest BCUT2D eigenvalue weighted by Crippen LogP contribution is -1.98. The molecule has 0 aliphatic rings. The van der Waals surface area contributed by atoms with Gasteiger partial charge in [-0.3, -0.25) is 4.79 Å². The number of Topliss-reactive ketones (excluding diaryl/α,β-unsaturated/α-hetero) is 1. The quantitative estimate of drug-likeness (QED) is 0.671. The van der Waals surface area contributed by atoms with Crippen LogP contribution < -0.4 is 4.74 Å². The van der Waals surface area contributed by atoms with Crippen molar-refractivity contribution in [1.29, 1.82) is 5.26 Å². The number of benzene rings is 2. The van der Waals surface area contributed by atoms with Crippen LogP contribution in [0, 0.1) is 11.3 Å². The van der Waals surface area contributed by atoms with E-state index in [1.165, 1.54) is 6.92 Å². The Morgan fingerprint density at radius 1 is 1.29 bits per heavy atom. The number of carbonyl (C=O) groups excluding carboxylic acids is 1. The van der Waals surface area contributed by atoms with Gasteiger partial charge < -0.3 is 9.30 Å². The summed E-state index contributed by atoms with van der Waals surface area (Å²) in [4.78, 5) is 15.5. The van der Waals surface area contributed by atoms with Gasteiger partial charge in [-0.25, -0.2) is 4.98 Å². The van der Waals surface area contributed by atoms with Crippen molar-refractivity contribution in [3.63, 3.8) is 0 Å². The summed E-state index contributed by atoms with van der Waals surface area (Å²) in [6.07, 6.45) is 5.32. The third kappa shape index (κ3) is 3.50. The average molecular weight is 317 g/mol. The van der Waals surface area contributed by atoms with Crippen molar-refractivity contribution in [1.82, 2.24) is 9.55 Å². The van der Waals surface area contributed by atoms with E-state index in [-0.39, 0.29) is 5.78 Å². The van der Waals surface area contributed by atoms with Crippen molar-refractivity contribution in [3.8, 4) is 17.6 Å². The lowest BCUT2D eigenvalue weighted by atomic mass is 10.1. The molecule has 0 saturated heterocycles. The van der Waals surface area contributed by atoms with Gasteiger partial charge in [0.05, 0.1) is 11.9 Å². The maximum atomic E-state index is 11.5. The fourth-order valence-corrected chi connectivity index (χ4v) is 2.34. The Bertz CT molecular complexity index is 909. The number of imidazole rings is 1. The zero-order chi connectivity index (χ0) is 16.9. The number of nitrogens with zero attached hydrogens (tertiary/aromatic N) is 3. The van der Waals surface area contributed by atoms with E-state index in [0.717, 1.165) is 5.56 Å². The van der Waals surface area contributed by atoms with Gasteiger partial charge in [-0.2, -0.15) is 5.26 Å². The number of aromatic nitrogens is 2. The molecule has 1 aromatic heterocycles. The van der Waals surface area contributed by atoms with E-state index in [1.54, 1.807) is 42.9 Å². The minimum atomic E-state index is -0.0326. The highest BCUT2D eigenvalue weighted by atomic mass is 16.5. The van der Waals surface area contributed by atoms with Crippen LogP contribution in [-0.2, 0) is 6.54 Å². The maximum absolute atomic E-state index is 11.5. The summed E-state index contributed by atoms with van der Waals surface area (Å²) in [5.74, 6) is 0.963. The van der Waals surface area contributed by atoms with Crippen molar-refractivity contribution >= 4 is 5.78 Å². The van der Waals surface area contributed by atoms with Gasteiger partial charge in [-0.05, 0) is 36.8 Å². The molecule has 24 heavy (non-hydrogen) atoms. The Hall–Kier alpha value is -3.39. The largest absolute Gasteiger partial charge is 0.456 e. The summed E-state index contributed by atoms with van der Waals surface area (Å²) in [5, 5.41) is 9.29. The Morgan fingerprint density at radius 2 is 2.17 bits per heavy atom. The van der Waals surface area contributed by atoms with E-state index in [0.29, 0.717) is 29.2 Å². The molecule has 0 radical (unpaired) electrons. The van der Waals surface area contributed by atoms with Gasteiger partial charge in [0.15, 0.2) is 5.78 Å². The second-order valence-corrected chi connectivity index (χ2v) is 5.36. The summed E-state index contributed by atoms with van der Waals surface area (Å²) in [6, 6.07) is 14.5. The molecule has 2 aromatic carbocycles. The van der Waals surface area contributed by atoms with Crippen LogP contribution in [0.3, 0.4) is 0 Å². The lowest BCUT2D eigenvalue weighted by molar-refractivity contribution is 0.101.